The summed E-state index contributed by atoms with van der Waals surface area (Å²) in [5.74, 6) is -0.368. The van der Waals surface area contributed by atoms with Gasteiger partial charge in [-0.15, -0.1) is 0 Å². The number of hydrogen-bond acceptors (Lipinski definition) is 3. The highest BCUT2D eigenvalue weighted by atomic mass is 35.5. The maximum absolute atomic E-state index is 11.0. The first-order valence-corrected chi connectivity index (χ1v) is 6.31. The van der Waals surface area contributed by atoms with Gasteiger partial charge in [-0.1, -0.05) is 23.2 Å². The van der Waals surface area contributed by atoms with Crippen molar-refractivity contribution in [3.8, 4) is 0 Å². The number of hydrogen-bond donors (Lipinski definition) is 2. The monoisotopic (exact) mass is 282 g/mol. The van der Waals surface area contributed by atoms with Gasteiger partial charge in [0, 0.05) is 6.92 Å². The lowest BCUT2D eigenvalue weighted by atomic mass is 10.3. The third-order valence-electron chi connectivity index (χ3n) is 1.65. The number of carbonyl (C=O) groups is 1. The SMILES string of the molecule is CC(=O)Nc1c(Cl)cc(S(N)(=O)=O)cc1Cl. The predicted molar refractivity (Wildman–Crippen MR) is 62.1 cm³/mol. The van der Waals surface area contributed by atoms with Crippen molar-refractivity contribution in [2.45, 2.75) is 11.8 Å². The fourth-order valence-corrected chi connectivity index (χ4v) is 2.28. The Hall–Kier alpha value is -0.820. The van der Waals surface area contributed by atoms with Gasteiger partial charge in [0.15, 0.2) is 0 Å². The molecular weight excluding hydrogens is 275 g/mol. The van der Waals surface area contributed by atoms with Crippen LogP contribution in [-0.4, -0.2) is 14.3 Å². The molecule has 0 atom stereocenters. The molecule has 1 rings (SSSR count). The summed E-state index contributed by atoms with van der Waals surface area (Å²) >= 11 is 11.5. The fraction of sp³-hybridized carbons (Fsp3) is 0.125. The summed E-state index contributed by atoms with van der Waals surface area (Å²) < 4.78 is 22.1. The second-order valence-electron chi connectivity index (χ2n) is 2.99. The Morgan fingerprint density at radius 2 is 1.75 bits per heavy atom. The van der Waals surface area contributed by atoms with Crippen LogP contribution in [0.1, 0.15) is 6.92 Å². The highest BCUT2D eigenvalue weighted by Gasteiger charge is 2.15. The second-order valence-corrected chi connectivity index (χ2v) is 5.36. The van der Waals surface area contributed by atoms with Crippen LogP contribution in [0, 0.1) is 0 Å². The molecule has 0 aliphatic carbocycles. The quantitative estimate of drug-likeness (QED) is 0.863. The van der Waals surface area contributed by atoms with Crippen LogP contribution in [0.25, 0.3) is 0 Å². The number of primary sulfonamides is 1. The summed E-state index contributed by atoms with van der Waals surface area (Å²) in [6.45, 7) is 1.28. The van der Waals surface area contributed by atoms with Crippen molar-refractivity contribution >= 4 is 44.8 Å². The van der Waals surface area contributed by atoms with E-state index in [4.69, 9.17) is 28.3 Å². The van der Waals surface area contributed by atoms with Gasteiger partial charge in [0.05, 0.1) is 20.6 Å². The Kier molecular flexibility index (Phi) is 3.80. The van der Waals surface area contributed by atoms with E-state index in [1.807, 2.05) is 0 Å². The molecular formula is C8H8Cl2N2O3S. The number of sulfonamides is 1. The van der Waals surface area contributed by atoms with E-state index in [0.29, 0.717) is 0 Å². The Bertz CT molecular complexity index is 519. The van der Waals surface area contributed by atoms with Gasteiger partial charge >= 0.3 is 0 Å². The third kappa shape index (κ3) is 3.08. The summed E-state index contributed by atoms with van der Waals surface area (Å²) in [5, 5.41) is 7.31. The molecule has 0 spiro atoms. The zero-order chi connectivity index (χ0) is 12.5. The zero-order valence-corrected chi connectivity index (χ0v) is 10.4. The third-order valence-corrected chi connectivity index (χ3v) is 3.13. The largest absolute Gasteiger partial charge is 0.324 e. The van der Waals surface area contributed by atoms with Crippen LogP contribution in [0.2, 0.25) is 10.0 Å². The first-order chi connectivity index (χ1) is 7.21. The maximum Gasteiger partial charge on any atom is 0.238 e. The summed E-state index contributed by atoms with van der Waals surface area (Å²) in [4.78, 5) is 10.6. The van der Waals surface area contributed by atoms with Crippen LogP contribution in [0.5, 0.6) is 0 Å². The standard InChI is InChI=1S/C8H8Cl2N2O3S/c1-4(13)12-8-6(9)2-5(3-7(8)10)16(11,14)15/h2-3H,1H3,(H,12,13)(H2,11,14,15). The molecule has 1 aromatic rings. The molecule has 1 aromatic carbocycles. The Labute approximate surface area is 103 Å². The van der Waals surface area contributed by atoms with Crippen LogP contribution < -0.4 is 10.5 Å². The topological polar surface area (TPSA) is 89.3 Å². The lowest BCUT2D eigenvalue weighted by Crippen LogP contribution is -2.13. The molecule has 0 saturated heterocycles. The molecule has 0 bridgehead atoms. The lowest BCUT2D eigenvalue weighted by Gasteiger charge is -2.09. The molecule has 0 heterocycles. The normalized spacial score (nSPS) is 11.2. The predicted octanol–water partition coefficient (Wildman–Crippen LogP) is 1.60. The van der Waals surface area contributed by atoms with Crippen LogP contribution in [0.3, 0.4) is 0 Å². The lowest BCUT2D eigenvalue weighted by molar-refractivity contribution is -0.114. The molecule has 1 amide bonds. The Morgan fingerprint density at radius 1 is 1.31 bits per heavy atom. The van der Waals surface area contributed by atoms with Crippen molar-refractivity contribution in [1.82, 2.24) is 0 Å². The van der Waals surface area contributed by atoms with E-state index in [-0.39, 0.29) is 26.5 Å². The molecule has 3 N–H and O–H groups in total. The van der Waals surface area contributed by atoms with Crippen molar-refractivity contribution < 1.29 is 13.2 Å². The van der Waals surface area contributed by atoms with Crippen molar-refractivity contribution in [3.05, 3.63) is 22.2 Å². The van der Waals surface area contributed by atoms with E-state index in [0.717, 1.165) is 12.1 Å². The van der Waals surface area contributed by atoms with Gasteiger partial charge in [-0.05, 0) is 12.1 Å². The van der Waals surface area contributed by atoms with Crippen LogP contribution >= 0.6 is 23.2 Å². The molecule has 0 fully saturated rings. The van der Waals surface area contributed by atoms with E-state index in [1.165, 1.54) is 6.92 Å². The Morgan fingerprint density at radius 3 is 2.06 bits per heavy atom. The molecule has 0 saturated carbocycles. The minimum atomic E-state index is -3.87. The average molecular weight is 283 g/mol. The molecule has 0 aliphatic rings. The van der Waals surface area contributed by atoms with E-state index >= 15 is 0 Å². The number of carbonyl (C=O) groups excluding carboxylic acids is 1. The van der Waals surface area contributed by atoms with E-state index in [1.54, 1.807) is 0 Å². The number of halogens is 2. The number of nitrogens with two attached hydrogens (primary N) is 1. The summed E-state index contributed by atoms with van der Waals surface area (Å²) in [7, 11) is -3.87. The highest BCUT2D eigenvalue weighted by Crippen LogP contribution is 2.32. The van der Waals surface area contributed by atoms with Crippen LogP contribution in [0.4, 0.5) is 5.69 Å². The van der Waals surface area contributed by atoms with Gasteiger partial charge < -0.3 is 5.32 Å². The molecule has 0 aliphatic heterocycles. The van der Waals surface area contributed by atoms with Gasteiger partial charge in [0.2, 0.25) is 15.9 Å². The zero-order valence-electron chi connectivity index (χ0n) is 8.12. The number of amides is 1. The molecule has 5 nitrogen and oxygen atoms in total. The number of rotatable bonds is 2. The summed E-state index contributed by atoms with van der Waals surface area (Å²) in [6.07, 6.45) is 0. The van der Waals surface area contributed by atoms with Gasteiger partial charge in [0.1, 0.15) is 0 Å². The number of benzene rings is 1. The van der Waals surface area contributed by atoms with Crippen molar-refractivity contribution in [2.24, 2.45) is 5.14 Å². The average Bonchev–Trinajstić information content (AvgIpc) is 2.09. The molecule has 88 valence electrons. The first-order valence-electron chi connectivity index (χ1n) is 4.01. The summed E-state index contributed by atoms with van der Waals surface area (Å²) in [5.41, 5.74) is 0.156. The van der Waals surface area contributed by atoms with Crippen LogP contribution in [0.15, 0.2) is 17.0 Å². The first kappa shape index (κ1) is 13.2. The molecule has 0 radical (unpaired) electrons. The van der Waals surface area contributed by atoms with Crippen molar-refractivity contribution in [3.63, 3.8) is 0 Å². The van der Waals surface area contributed by atoms with Gasteiger partial charge in [-0.2, -0.15) is 0 Å². The molecule has 16 heavy (non-hydrogen) atoms. The molecule has 0 unspecified atom stereocenters. The minimum absolute atomic E-state index is 0.00623. The summed E-state index contributed by atoms with van der Waals surface area (Å²) in [6, 6.07) is 2.24. The van der Waals surface area contributed by atoms with E-state index in [9.17, 15) is 13.2 Å². The van der Waals surface area contributed by atoms with Gasteiger partial charge in [-0.3, -0.25) is 4.79 Å². The number of anilines is 1. The van der Waals surface area contributed by atoms with Gasteiger partial charge in [-0.25, -0.2) is 13.6 Å². The minimum Gasteiger partial charge on any atom is -0.324 e. The maximum atomic E-state index is 11.0. The molecule has 0 aromatic heterocycles. The molecule has 8 heteroatoms. The van der Waals surface area contributed by atoms with Crippen LogP contribution in [-0.2, 0) is 14.8 Å². The highest BCUT2D eigenvalue weighted by molar-refractivity contribution is 7.89. The van der Waals surface area contributed by atoms with Crippen molar-refractivity contribution in [1.29, 1.82) is 0 Å². The smallest absolute Gasteiger partial charge is 0.238 e. The number of nitrogens with one attached hydrogen (secondary N) is 1. The van der Waals surface area contributed by atoms with E-state index in [2.05, 4.69) is 5.32 Å². The van der Waals surface area contributed by atoms with E-state index < -0.39 is 10.0 Å². The Balaban J connectivity index is 3.34. The van der Waals surface area contributed by atoms with Crippen molar-refractivity contribution in [2.75, 3.05) is 5.32 Å². The second kappa shape index (κ2) is 4.58. The van der Waals surface area contributed by atoms with Gasteiger partial charge in [0.25, 0.3) is 0 Å². The fourth-order valence-electron chi connectivity index (χ4n) is 1.01.